The summed E-state index contributed by atoms with van der Waals surface area (Å²) in [5, 5.41) is 12.0. The second-order valence-corrected chi connectivity index (χ2v) is 6.53. The number of rotatable bonds is 7. The zero-order valence-electron chi connectivity index (χ0n) is 16.7. The van der Waals surface area contributed by atoms with Crippen molar-refractivity contribution in [3.05, 3.63) is 53.3 Å². The highest BCUT2D eigenvalue weighted by atomic mass is 19.1. The second kappa shape index (κ2) is 8.68. The summed E-state index contributed by atoms with van der Waals surface area (Å²) in [6.45, 7) is 2.28. The number of benzene rings is 2. The zero-order valence-corrected chi connectivity index (χ0v) is 16.7. The first-order valence-corrected chi connectivity index (χ1v) is 8.90. The smallest absolute Gasteiger partial charge is 0.246 e. The second-order valence-electron chi connectivity index (χ2n) is 6.53. The van der Waals surface area contributed by atoms with Crippen molar-refractivity contribution in [1.82, 2.24) is 25.1 Å². The highest BCUT2D eigenvalue weighted by Crippen LogP contribution is 2.30. The molecule has 29 heavy (non-hydrogen) atoms. The SMILES string of the molecule is COc1cc(C)c(CN(C)C(=O)Cn2nnc(-c3ccc(F)cc3)n2)cc1OC. The molecule has 0 aliphatic rings. The van der Waals surface area contributed by atoms with Gasteiger partial charge >= 0.3 is 0 Å². The largest absolute Gasteiger partial charge is 0.493 e. The van der Waals surface area contributed by atoms with Crippen LogP contribution in [0.1, 0.15) is 11.1 Å². The Morgan fingerprint density at radius 3 is 2.45 bits per heavy atom. The molecule has 3 rings (SSSR count). The summed E-state index contributed by atoms with van der Waals surface area (Å²) in [7, 11) is 4.86. The molecule has 0 aliphatic heterocycles. The van der Waals surface area contributed by atoms with E-state index < -0.39 is 0 Å². The van der Waals surface area contributed by atoms with Gasteiger partial charge in [-0.25, -0.2) is 4.39 Å². The van der Waals surface area contributed by atoms with E-state index in [1.807, 2.05) is 19.1 Å². The highest BCUT2D eigenvalue weighted by molar-refractivity contribution is 5.75. The van der Waals surface area contributed by atoms with E-state index in [0.717, 1.165) is 11.1 Å². The summed E-state index contributed by atoms with van der Waals surface area (Å²) >= 11 is 0. The average molecular weight is 399 g/mol. The van der Waals surface area contributed by atoms with Crippen LogP contribution in [0.25, 0.3) is 11.4 Å². The monoisotopic (exact) mass is 399 g/mol. The van der Waals surface area contributed by atoms with Gasteiger partial charge in [0, 0.05) is 19.2 Å². The lowest BCUT2D eigenvalue weighted by molar-refractivity contribution is -0.131. The number of carbonyl (C=O) groups is 1. The molecule has 9 heteroatoms. The van der Waals surface area contributed by atoms with Crippen molar-refractivity contribution in [2.45, 2.75) is 20.0 Å². The molecule has 0 fully saturated rings. The lowest BCUT2D eigenvalue weighted by Gasteiger charge is -2.19. The third-order valence-corrected chi connectivity index (χ3v) is 4.51. The first kappa shape index (κ1) is 20.2. The minimum absolute atomic E-state index is 0.0585. The van der Waals surface area contributed by atoms with E-state index in [0.29, 0.717) is 29.4 Å². The van der Waals surface area contributed by atoms with E-state index in [-0.39, 0.29) is 18.3 Å². The molecule has 0 spiro atoms. The molecule has 0 aliphatic carbocycles. The average Bonchev–Trinajstić information content (AvgIpc) is 3.17. The molecule has 1 heterocycles. The number of hydrogen-bond acceptors (Lipinski definition) is 6. The lowest BCUT2D eigenvalue weighted by atomic mass is 10.1. The van der Waals surface area contributed by atoms with Crippen molar-refractivity contribution in [1.29, 1.82) is 0 Å². The molecule has 152 valence electrons. The van der Waals surface area contributed by atoms with Gasteiger partial charge in [-0.2, -0.15) is 4.80 Å². The van der Waals surface area contributed by atoms with Gasteiger partial charge in [0.05, 0.1) is 14.2 Å². The van der Waals surface area contributed by atoms with E-state index in [2.05, 4.69) is 15.4 Å². The van der Waals surface area contributed by atoms with Gasteiger partial charge < -0.3 is 14.4 Å². The first-order valence-electron chi connectivity index (χ1n) is 8.90. The summed E-state index contributed by atoms with van der Waals surface area (Å²) in [6.07, 6.45) is 0. The number of carbonyl (C=O) groups excluding carboxylic acids is 1. The van der Waals surface area contributed by atoms with Crippen LogP contribution in [-0.2, 0) is 17.9 Å². The van der Waals surface area contributed by atoms with Gasteiger partial charge in [-0.05, 0) is 59.7 Å². The predicted molar refractivity (Wildman–Crippen MR) is 104 cm³/mol. The standard InChI is InChI=1S/C20H22FN5O3/c1-13-9-17(28-3)18(29-4)10-15(13)11-25(2)19(27)12-26-23-20(22-24-26)14-5-7-16(21)8-6-14/h5-10H,11-12H2,1-4H3. The maximum atomic E-state index is 13.0. The Morgan fingerprint density at radius 1 is 1.14 bits per heavy atom. The molecule has 8 nitrogen and oxygen atoms in total. The zero-order chi connectivity index (χ0) is 21.0. The third-order valence-electron chi connectivity index (χ3n) is 4.51. The Labute approximate surface area is 167 Å². The number of hydrogen-bond donors (Lipinski definition) is 0. The van der Waals surface area contributed by atoms with Crippen LogP contribution in [0.15, 0.2) is 36.4 Å². The summed E-state index contributed by atoms with van der Waals surface area (Å²) < 4.78 is 23.7. The molecule has 0 radical (unpaired) electrons. The third kappa shape index (κ3) is 4.68. The predicted octanol–water partition coefficient (Wildman–Crippen LogP) is 2.46. The van der Waals surface area contributed by atoms with Crippen LogP contribution in [-0.4, -0.2) is 52.3 Å². The molecular weight excluding hydrogens is 377 g/mol. The first-order chi connectivity index (χ1) is 13.9. The Bertz CT molecular complexity index is 1000. The van der Waals surface area contributed by atoms with Crippen LogP contribution >= 0.6 is 0 Å². The maximum Gasteiger partial charge on any atom is 0.246 e. The van der Waals surface area contributed by atoms with Crippen molar-refractivity contribution >= 4 is 5.91 Å². The van der Waals surface area contributed by atoms with Crippen molar-refractivity contribution < 1.29 is 18.7 Å². The van der Waals surface area contributed by atoms with E-state index in [4.69, 9.17) is 9.47 Å². The van der Waals surface area contributed by atoms with Crippen LogP contribution in [0.5, 0.6) is 11.5 Å². The number of methoxy groups -OCH3 is 2. The number of tetrazole rings is 1. The van der Waals surface area contributed by atoms with Crippen LogP contribution < -0.4 is 9.47 Å². The molecule has 2 aromatic carbocycles. The summed E-state index contributed by atoms with van der Waals surface area (Å²) in [6, 6.07) is 9.49. The van der Waals surface area contributed by atoms with Gasteiger partial charge in [0.2, 0.25) is 11.7 Å². The van der Waals surface area contributed by atoms with Gasteiger partial charge in [0.1, 0.15) is 12.4 Å². The van der Waals surface area contributed by atoms with Gasteiger partial charge in [0.15, 0.2) is 11.5 Å². The number of likely N-dealkylation sites (N-methyl/N-ethyl adjacent to an activating group) is 1. The molecule has 0 atom stereocenters. The minimum atomic E-state index is -0.344. The minimum Gasteiger partial charge on any atom is -0.493 e. The number of amides is 1. The highest BCUT2D eigenvalue weighted by Gasteiger charge is 2.16. The molecule has 1 amide bonds. The van der Waals surface area contributed by atoms with Gasteiger partial charge in [0.25, 0.3) is 0 Å². The van der Waals surface area contributed by atoms with Crippen LogP contribution in [0.3, 0.4) is 0 Å². The maximum absolute atomic E-state index is 13.0. The Balaban J connectivity index is 1.68. The fourth-order valence-corrected chi connectivity index (χ4v) is 2.80. The van der Waals surface area contributed by atoms with E-state index >= 15 is 0 Å². The van der Waals surface area contributed by atoms with Crippen molar-refractivity contribution in [3.63, 3.8) is 0 Å². The lowest BCUT2D eigenvalue weighted by Crippen LogP contribution is -2.30. The fraction of sp³-hybridized carbons (Fsp3) is 0.300. The summed E-state index contributed by atoms with van der Waals surface area (Å²) in [5.41, 5.74) is 2.55. The van der Waals surface area contributed by atoms with E-state index in [1.54, 1.807) is 38.3 Å². The number of aromatic nitrogens is 4. The summed E-state index contributed by atoms with van der Waals surface area (Å²) in [4.78, 5) is 15.4. The number of ether oxygens (including phenoxy) is 2. The van der Waals surface area contributed by atoms with E-state index in [1.165, 1.54) is 16.9 Å². The summed E-state index contributed by atoms with van der Waals surface area (Å²) in [5.74, 6) is 1.06. The quantitative estimate of drug-likeness (QED) is 0.607. The van der Waals surface area contributed by atoms with Crippen molar-refractivity contribution in [2.24, 2.45) is 0 Å². The molecular formula is C20H22FN5O3. The molecule has 0 bridgehead atoms. The van der Waals surface area contributed by atoms with Crippen LogP contribution in [0.2, 0.25) is 0 Å². The molecule has 1 aromatic heterocycles. The molecule has 0 saturated heterocycles. The van der Waals surface area contributed by atoms with Gasteiger partial charge in [-0.3, -0.25) is 4.79 Å². The number of halogens is 1. The van der Waals surface area contributed by atoms with Crippen LogP contribution in [0.4, 0.5) is 4.39 Å². The molecule has 3 aromatic rings. The van der Waals surface area contributed by atoms with Crippen LogP contribution in [0, 0.1) is 12.7 Å². The number of nitrogens with zero attached hydrogens (tertiary/aromatic N) is 5. The fourth-order valence-electron chi connectivity index (χ4n) is 2.80. The Hall–Kier alpha value is -3.49. The van der Waals surface area contributed by atoms with Gasteiger partial charge in [-0.1, -0.05) is 0 Å². The Kier molecular flexibility index (Phi) is 6.06. The normalized spacial score (nSPS) is 10.7. The van der Waals surface area contributed by atoms with Crippen molar-refractivity contribution in [2.75, 3.05) is 21.3 Å². The Morgan fingerprint density at radius 2 is 1.79 bits per heavy atom. The molecule has 0 N–H and O–H groups in total. The number of aryl methyl sites for hydroxylation is 1. The van der Waals surface area contributed by atoms with Gasteiger partial charge in [-0.15, -0.1) is 10.2 Å². The van der Waals surface area contributed by atoms with E-state index in [9.17, 15) is 9.18 Å². The molecule has 0 unspecified atom stereocenters. The molecule has 0 saturated carbocycles. The topological polar surface area (TPSA) is 82.4 Å². The van der Waals surface area contributed by atoms with Crippen molar-refractivity contribution in [3.8, 4) is 22.9 Å².